The Kier molecular flexibility index (Phi) is 15.3. The summed E-state index contributed by atoms with van der Waals surface area (Å²) < 4.78 is 37.1. The minimum absolute atomic E-state index is 0.112. The van der Waals surface area contributed by atoms with Gasteiger partial charge in [-0.1, -0.05) is 61.7 Å². The molecule has 2 saturated heterocycles. The number of phenols is 1. The first-order chi connectivity index (χ1) is 26.9. The maximum Gasteiger partial charge on any atom is 0.490 e. The predicted octanol–water partition coefficient (Wildman–Crippen LogP) is 8.59. The first-order valence-electron chi connectivity index (χ1n) is 19.2. The zero-order valence-electron chi connectivity index (χ0n) is 31.4. The number of alkyl halides is 3. The quantitative estimate of drug-likeness (QED) is 0.116. The van der Waals surface area contributed by atoms with E-state index in [2.05, 4.69) is 17.4 Å². The van der Waals surface area contributed by atoms with Crippen molar-refractivity contribution in [2.45, 2.75) is 64.1 Å². The number of aliphatic carboxylic acids is 1. The molecule has 3 aromatic carbocycles. The van der Waals surface area contributed by atoms with E-state index in [1.807, 2.05) is 64.4 Å². The molecule has 0 spiro atoms. The maximum atomic E-state index is 13.6. The Morgan fingerprint density at radius 3 is 2.12 bits per heavy atom. The molecule has 0 bridgehead atoms. The lowest BCUT2D eigenvalue weighted by molar-refractivity contribution is -0.192. The highest BCUT2D eigenvalue weighted by molar-refractivity contribution is 5.95. The molecule has 4 aromatic rings. The largest absolute Gasteiger partial charge is 0.508 e. The molecule has 0 unspecified atom stereocenters. The summed E-state index contributed by atoms with van der Waals surface area (Å²) >= 11 is 0. The molecule has 9 nitrogen and oxygen atoms in total. The molecule has 0 atom stereocenters. The van der Waals surface area contributed by atoms with Gasteiger partial charge in [-0.2, -0.15) is 13.2 Å². The second-order valence-corrected chi connectivity index (χ2v) is 14.5. The number of hydrogen-bond acceptors (Lipinski definition) is 6. The molecule has 12 heteroatoms. The fraction of sp³-hybridized carbons (Fsp3) is 0.386. The summed E-state index contributed by atoms with van der Waals surface area (Å²) in [7, 11) is 0. The van der Waals surface area contributed by atoms with Crippen molar-refractivity contribution in [2.24, 2.45) is 11.8 Å². The molecule has 3 N–H and O–H groups in total. The molecule has 0 saturated carbocycles. The van der Waals surface area contributed by atoms with Crippen molar-refractivity contribution in [3.05, 3.63) is 120 Å². The number of carboxylic acids is 1. The highest BCUT2D eigenvalue weighted by Crippen LogP contribution is 2.28. The number of nitrogens with zero attached hydrogens (tertiary/aromatic N) is 2. The fourth-order valence-corrected chi connectivity index (χ4v) is 7.21. The summed E-state index contributed by atoms with van der Waals surface area (Å²) in [5, 5.41) is 20.3. The summed E-state index contributed by atoms with van der Waals surface area (Å²) in [5.74, 6) is -0.293. The van der Waals surface area contributed by atoms with Crippen LogP contribution in [-0.4, -0.2) is 76.7 Å². The van der Waals surface area contributed by atoms with Gasteiger partial charge in [0, 0.05) is 37.8 Å². The summed E-state index contributed by atoms with van der Waals surface area (Å²) in [6.07, 6.45) is 9.18. The Balaban J connectivity index is 0.000000784. The van der Waals surface area contributed by atoms with Crippen molar-refractivity contribution >= 4 is 23.9 Å². The van der Waals surface area contributed by atoms with Gasteiger partial charge in [0.1, 0.15) is 11.5 Å². The molecule has 2 aliphatic heterocycles. The van der Waals surface area contributed by atoms with Crippen molar-refractivity contribution in [1.82, 2.24) is 15.1 Å². The number of carbonyl (C=O) groups excluding carboxylic acids is 2. The van der Waals surface area contributed by atoms with Crippen LogP contribution in [0.15, 0.2) is 102 Å². The first kappa shape index (κ1) is 41.8. The number of halogens is 3. The molecule has 56 heavy (non-hydrogen) atoms. The lowest BCUT2D eigenvalue weighted by Gasteiger charge is -2.32. The number of piperidine rings is 2. The summed E-state index contributed by atoms with van der Waals surface area (Å²) in [6, 6.07) is 26.9. The number of amides is 2. The van der Waals surface area contributed by atoms with Gasteiger partial charge in [0.15, 0.2) is 0 Å². The number of nitrogens with one attached hydrogen (secondary N) is 1. The zero-order chi connectivity index (χ0) is 39.9. The van der Waals surface area contributed by atoms with E-state index >= 15 is 0 Å². The smallest absolute Gasteiger partial charge is 0.490 e. The Morgan fingerprint density at radius 1 is 0.839 bits per heavy atom. The topological polar surface area (TPSA) is 123 Å². The number of benzene rings is 3. The van der Waals surface area contributed by atoms with Crippen molar-refractivity contribution in [3.63, 3.8) is 0 Å². The van der Waals surface area contributed by atoms with Crippen LogP contribution in [0.5, 0.6) is 5.75 Å². The number of hydrogen-bond donors (Lipinski definition) is 3. The molecule has 0 aliphatic carbocycles. The summed E-state index contributed by atoms with van der Waals surface area (Å²) in [4.78, 5) is 39.7. The van der Waals surface area contributed by atoms with E-state index in [4.69, 9.17) is 14.3 Å². The minimum Gasteiger partial charge on any atom is -0.508 e. The Hall–Kier alpha value is -5.36. The molecule has 298 valence electrons. The highest BCUT2D eigenvalue weighted by Gasteiger charge is 2.38. The molecule has 3 heterocycles. The van der Waals surface area contributed by atoms with Gasteiger partial charge in [0.05, 0.1) is 6.26 Å². The maximum absolute atomic E-state index is 13.6. The summed E-state index contributed by atoms with van der Waals surface area (Å²) in [6.45, 7) is 4.95. The van der Waals surface area contributed by atoms with E-state index in [-0.39, 0.29) is 17.6 Å². The third-order valence-electron chi connectivity index (χ3n) is 10.4. The van der Waals surface area contributed by atoms with Crippen LogP contribution < -0.4 is 5.32 Å². The molecule has 2 amide bonds. The third kappa shape index (κ3) is 13.1. The number of rotatable bonds is 13. The number of phenolic OH excluding ortho intramolecular Hbond substituents is 1. The lowest BCUT2D eigenvalue weighted by Crippen LogP contribution is -2.38. The van der Waals surface area contributed by atoms with E-state index in [0.29, 0.717) is 25.3 Å². The van der Waals surface area contributed by atoms with Gasteiger partial charge in [-0.05, 0) is 128 Å². The fourth-order valence-electron chi connectivity index (χ4n) is 7.21. The second kappa shape index (κ2) is 20.5. The van der Waals surface area contributed by atoms with Gasteiger partial charge in [-0.25, -0.2) is 4.79 Å². The van der Waals surface area contributed by atoms with Crippen LogP contribution in [0.4, 0.5) is 13.2 Å². The molecule has 1 aromatic heterocycles. The third-order valence-corrected chi connectivity index (χ3v) is 10.4. The molecule has 6 rings (SSSR count). The molecule has 2 aliphatic rings. The van der Waals surface area contributed by atoms with Gasteiger partial charge in [-0.15, -0.1) is 0 Å². The van der Waals surface area contributed by atoms with Crippen LogP contribution in [0.2, 0.25) is 0 Å². The second-order valence-electron chi connectivity index (χ2n) is 14.5. The highest BCUT2D eigenvalue weighted by atomic mass is 19.4. The van der Waals surface area contributed by atoms with Crippen molar-refractivity contribution in [1.29, 1.82) is 0 Å². The standard InChI is InChI=1S/C42H49N3O4.C2HF3O2/c46-39-14-12-34(13-15-39)22-27-45(41(47)17-16-40-11-4-28-49-40)31-35-7-2-8-36(29-35)37-9-3-10-38(30-37)42(48)44-25-20-33(21-26-44)6-1-5-32-18-23-43-24-19-32;3-2(4,5)1(6)7/h2-4,7-17,28-30,32-33,43,46H,1,5-6,18-27,31H2;(H,6,7). The van der Waals surface area contributed by atoms with E-state index in [1.165, 1.54) is 45.2 Å². The van der Waals surface area contributed by atoms with E-state index in [9.17, 15) is 27.9 Å². The van der Waals surface area contributed by atoms with Crippen molar-refractivity contribution in [3.8, 4) is 16.9 Å². The van der Waals surface area contributed by atoms with Gasteiger partial charge in [0.2, 0.25) is 5.91 Å². The zero-order valence-corrected chi connectivity index (χ0v) is 31.4. The number of furan rings is 1. The van der Waals surface area contributed by atoms with E-state index in [0.717, 1.165) is 65.6 Å². The van der Waals surface area contributed by atoms with Crippen LogP contribution in [0, 0.1) is 11.8 Å². The van der Waals surface area contributed by atoms with Crippen molar-refractivity contribution < 1.29 is 42.2 Å². The molecular formula is C44H50F3N3O6. The van der Waals surface area contributed by atoms with Crippen LogP contribution in [0.1, 0.15) is 72.2 Å². The lowest BCUT2D eigenvalue weighted by atomic mass is 9.87. The average molecular weight is 774 g/mol. The monoisotopic (exact) mass is 773 g/mol. The minimum atomic E-state index is -5.08. The number of likely N-dealkylation sites (tertiary alicyclic amines) is 1. The Labute approximate surface area is 325 Å². The van der Waals surface area contributed by atoms with Crippen LogP contribution in [0.25, 0.3) is 17.2 Å². The van der Waals surface area contributed by atoms with Gasteiger partial charge in [-0.3, -0.25) is 9.59 Å². The molecule has 0 radical (unpaired) electrons. The SMILES string of the molecule is O=C(C=Cc1ccco1)N(CCc1ccc(O)cc1)Cc1cccc(-c2cccc(C(=O)N3CCC(CCCC4CCNCC4)CC3)c2)c1.O=C(O)C(F)(F)F. The van der Waals surface area contributed by atoms with Crippen LogP contribution in [-0.2, 0) is 22.6 Å². The number of aromatic hydroxyl groups is 1. The Bertz CT molecular complexity index is 1880. The normalized spacial score (nSPS) is 15.3. The predicted molar refractivity (Wildman–Crippen MR) is 209 cm³/mol. The first-order valence-corrected chi connectivity index (χ1v) is 19.2. The van der Waals surface area contributed by atoms with E-state index in [1.54, 1.807) is 36.6 Å². The van der Waals surface area contributed by atoms with Gasteiger partial charge in [0.25, 0.3) is 5.91 Å². The average Bonchev–Trinajstić information content (AvgIpc) is 3.74. The number of carbonyl (C=O) groups is 3. The van der Waals surface area contributed by atoms with Crippen LogP contribution in [0.3, 0.4) is 0 Å². The van der Waals surface area contributed by atoms with Gasteiger partial charge < -0.3 is 29.7 Å². The molecule has 2 fully saturated rings. The summed E-state index contributed by atoms with van der Waals surface area (Å²) in [5.41, 5.74) is 4.76. The van der Waals surface area contributed by atoms with Crippen molar-refractivity contribution in [2.75, 3.05) is 32.7 Å². The van der Waals surface area contributed by atoms with Crippen LogP contribution >= 0.6 is 0 Å². The Morgan fingerprint density at radius 2 is 1.48 bits per heavy atom. The van der Waals surface area contributed by atoms with E-state index < -0.39 is 12.1 Å². The molecular weight excluding hydrogens is 723 g/mol. The number of carboxylic acid groups (broad SMARTS) is 1. The van der Waals surface area contributed by atoms with Gasteiger partial charge >= 0.3 is 12.1 Å².